The zero-order chi connectivity index (χ0) is 16.9. The summed E-state index contributed by atoms with van der Waals surface area (Å²) in [5, 5.41) is 3.65. The van der Waals surface area contributed by atoms with Gasteiger partial charge >= 0.3 is 0 Å². The summed E-state index contributed by atoms with van der Waals surface area (Å²) in [7, 11) is 5.22. The number of methoxy groups -OCH3 is 1. The summed E-state index contributed by atoms with van der Waals surface area (Å²) in [6.07, 6.45) is 6.03. The molecule has 1 atom stereocenters. The van der Waals surface area contributed by atoms with Crippen LogP contribution in [0.1, 0.15) is 38.5 Å². The maximum absolute atomic E-state index is 12.2. The van der Waals surface area contributed by atoms with Gasteiger partial charge in [-0.1, -0.05) is 6.42 Å². The molecule has 1 N–H and O–H groups in total. The first-order valence-electron chi connectivity index (χ1n) is 8.66. The van der Waals surface area contributed by atoms with Gasteiger partial charge in [-0.25, -0.2) is 0 Å². The third kappa shape index (κ3) is 4.91. The van der Waals surface area contributed by atoms with Gasteiger partial charge in [-0.3, -0.25) is 9.59 Å². The number of rotatable bonds is 7. The van der Waals surface area contributed by atoms with Crippen LogP contribution in [0.2, 0.25) is 0 Å². The molecule has 0 aromatic carbocycles. The molecule has 2 fully saturated rings. The second kappa shape index (κ2) is 8.11. The molecule has 2 aliphatic rings. The fourth-order valence-electron chi connectivity index (χ4n) is 3.43. The Balaban J connectivity index is 1.80. The highest BCUT2D eigenvalue weighted by atomic mass is 16.5. The summed E-state index contributed by atoms with van der Waals surface area (Å²) >= 11 is 0. The molecule has 23 heavy (non-hydrogen) atoms. The Bertz CT molecular complexity index is 421. The molecule has 1 saturated carbocycles. The monoisotopic (exact) mass is 325 g/mol. The smallest absolute Gasteiger partial charge is 0.241 e. The zero-order valence-electron chi connectivity index (χ0n) is 14.8. The van der Waals surface area contributed by atoms with Crippen LogP contribution < -0.4 is 5.32 Å². The van der Waals surface area contributed by atoms with Crippen molar-refractivity contribution < 1.29 is 14.3 Å². The zero-order valence-corrected chi connectivity index (χ0v) is 14.8. The predicted octanol–water partition coefficient (Wildman–Crippen LogP) is 0.862. The standard InChI is InChI=1S/C17H31N3O3/c1-19(2)16(22)11-20-10-7-14(5-6-15(20)21)18-12-17(13-23-3)8-4-9-17/h14,18H,4-13H2,1-3H3. The third-order valence-electron chi connectivity index (χ3n) is 5.26. The molecule has 2 amide bonds. The van der Waals surface area contributed by atoms with Gasteiger partial charge in [-0.15, -0.1) is 0 Å². The van der Waals surface area contributed by atoms with E-state index in [0.29, 0.717) is 24.4 Å². The summed E-state index contributed by atoms with van der Waals surface area (Å²) in [5.74, 6) is 0.0815. The Kier molecular flexibility index (Phi) is 6.41. The molecule has 1 unspecified atom stereocenters. The summed E-state index contributed by atoms with van der Waals surface area (Å²) in [6, 6.07) is 0.354. The molecule has 0 aromatic rings. The fourth-order valence-corrected chi connectivity index (χ4v) is 3.43. The minimum Gasteiger partial charge on any atom is -0.384 e. The maximum Gasteiger partial charge on any atom is 0.241 e. The first-order valence-corrected chi connectivity index (χ1v) is 8.66. The molecule has 1 saturated heterocycles. The van der Waals surface area contributed by atoms with Gasteiger partial charge in [0.2, 0.25) is 11.8 Å². The van der Waals surface area contributed by atoms with Crippen LogP contribution >= 0.6 is 0 Å². The lowest BCUT2D eigenvalue weighted by atomic mass is 9.69. The molecule has 0 bridgehead atoms. The number of amides is 2. The number of hydrogen-bond donors (Lipinski definition) is 1. The largest absolute Gasteiger partial charge is 0.384 e. The molecule has 2 rings (SSSR count). The Morgan fingerprint density at radius 2 is 2.13 bits per heavy atom. The van der Waals surface area contributed by atoms with E-state index in [0.717, 1.165) is 26.0 Å². The van der Waals surface area contributed by atoms with Gasteiger partial charge in [-0.05, 0) is 25.7 Å². The summed E-state index contributed by atoms with van der Waals surface area (Å²) in [5.41, 5.74) is 0.297. The summed E-state index contributed by atoms with van der Waals surface area (Å²) < 4.78 is 5.37. The van der Waals surface area contributed by atoms with E-state index < -0.39 is 0 Å². The van der Waals surface area contributed by atoms with E-state index in [2.05, 4.69) is 5.32 Å². The first kappa shape index (κ1) is 18.2. The Morgan fingerprint density at radius 1 is 1.39 bits per heavy atom. The molecule has 6 heteroatoms. The van der Waals surface area contributed by atoms with Crippen molar-refractivity contribution in [3.8, 4) is 0 Å². The molecule has 1 aliphatic heterocycles. The van der Waals surface area contributed by atoms with E-state index in [1.165, 1.54) is 19.3 Å². The van der Waals surface area contributed by atoms with Crippen LogP contribution in [0.15, 0.2) is 0 Å². The van der Waals surface area contributed by atoms with E-state index in [9.17, 15) is 9.59 Å². The Labute approximate surface area is 139 Å². The average Bonchev–Trinajstić information content (AvgIpc) is 2.65. The molecule has 0 aromatic heterocycles. The normalized spacial score (nSPS) is 24.0. The Morgan fingerprint density at radius 3 is 2.70 bits per heavy atom. The highest BCUT2D eigenvalue weighted by Gasteiger charge is 2.37. The molecule has 0 radical (unpaired) electrons. The molecular formula is C17H31N3O3. The van der Waals surface area contributed by atoms with Crippen LogP contribution in [-0.2, 0) is 14.3 Å². The maximum atomic E-state index is 12.2. The number of hydrogen-bond acceptors (Lipinski definition) is 4. The van der Waals surface area contributed by atoms with Crippen molar-refractivity contribution in [3.63, 3.8) is 0 Å². The van der Waals surface area contributed by atoms with Gasteiger partial charge in [0.25, 0.3) is 0 Å². The molecular weight excluding hydrogens is 294 g/mol. The van der Waals surface area contributed by atoms with Gasteiger partial charge in [0.15, 0.2) is 0 Å². The molecule has 1 aliphatic carbocycles. The number of carbonyl (C=O) groups is 2. The lowest BCUT2D eigenvalue weighted by molar-refractivity contribution is -0.138. The van der Waals surface area contributed by atoms with Crippen molar-refractivity contribution in [2.45, 2.75) is 44.6 Å². The average molecular weight is 325 g/mol. The van der Waals surface area contributed by atoms with Crippen molar-refractivity contribution in [1.29, 1.82) is 0 Å². The third-order valence-corrected chi connectivity index (χ3v) is 5.26. The number of ether oxygens (including phenoxy) is 1. The second-order valence-electron chi connectivity index (χ2n) is 7.30. The molecule has 6 nitrogen and oxygen atoms in total. The molecule has 132 valence electrons. The molecule has 1 heterocycles. The topological polar surface area (TPSA) is 61.9 Å². The van der Waals surface area contributed by atoms with Crippen molar-refractivity contribution in [2.75, 3.05) is 47.4 Å². The van der Waals surface area contributed by atoms with Crippen LogP contribution in [0.5, 0.6) is 0 Å². The number of carbonyl (C=O) groups excluding carboxylic acids is 2. The number of likely N-dealkylation sites (N-methyl/N-ethyl adjacent to an activating group) is 1. The van der Waals surface area contributed by atoms with Crippen LogP contribution in [0.25, 0.3) is 0 Å². The molecule has 0 spiro atoms. The van der Waals surface area contributed by atoms with E-state index in [1.807, 2.05) is 0 Å². The van der Waals surface area contributed by atoms with Gasteiger partial charge in [0.05, 0.1) is 13.2 Å². The Hall–Kier alpha value is -1.14. The van der Waals surface area contributed by atoms with Crippen molar-refractivity contribution in [3.05, 3.63) is 0 Å². The van der Waals surface area contributed by atoms with Crippen LogP contribution in [-0.4, -0.2) is 75.1 Å². The van der Waals surface area contributed by atoms with E-state index in [1.54, 1.807) is 31.0 Å². The highest BCUT2D eigenvalue weighted by Crippen LogP contribution is 2.40. The summed E-state index contributed by atoms with van der Waals surface area (Å²) in [4.78, 5) is 27.3. The predicted molar refractivity (Wildman–Crippen MR) is 89.1 cm³/mol. The van der Waals surface area contributed by atoms with Crippen LogP contribution in [0.4, 0.5) is 0 Å². The first-order chi connectivity index (χ1) is 11.0. The van der Waals surface area contributed by atoms with Crippen molar-refractivity contribution in [2.24, 2.45) is 5.41 Å². The second-order valence-corrected chi connectivity index (χ2v) is 7.30. The number of likely N-dealkylation sites (tertiary alicyclic amines) is 1. The lowest BCUT2D eigenvalue weighted by Gasteiger charge is -2.42. The van der Waals surface area contributed by atoms with Gasteiger partial charge < -0.3 is 19.9 Å². The summed E-state index contributed by atoms with van der Waals surface area (Å²) in [6.45, 7) is 2.64. The van der Waals surface area contributed by atoms with E-state index >= 15 is 0 Å². The fraction of sp³-hybridized carbons (Fsp3) is 0.882. The quantitative estimate of drug-likeness (QED) is 0.754. The van der Waals surface area contributed by atoms with Gasteiger partial charge in [0, 0.05) is 52.2 Å². The SMILES string of the molecule is COCC1(CNC2CCC(=O)N(CC(=O)N(C)C)CC2)CCC1. The van der Waals surface area contributed by atoms with E-state index in [4.69, 9.17) is 4.74 Å². The van der Waals surface area contributed by atoms with Gasteiger partial charge in [-0.2, -0.15) is 0 Å². The van der Waals surface area contributed by atoms with Crippen LogP contribution in [0, 0.1) is 5.41 Å². The van der Waals surface area contributed by atoms with Crippen molar-refractivity contribution >= 4 is 11.8 Å². The van der Waals surface area contributed by atoms with Crippen LogP contribution in [0.3, 0.4) is 0 Å². The lowest BCUT2D eigenvalue weighted by Crippen LogP contribution is -2.46. The minimum absolute atomic E-state index is 0.0155. The number of nitrogens with one attached hydrogen (secondary N) is 1. The highest BCUT2D eigenvalue weighted by molar-refractivity contribution is 5.84. The van der Waals surface area contributed by atoms with Gasteiger partial charge in [0.1, 0.15) is 0 Å². The minimum atomic E-state index is -0.0155. The number of nitrogens with zero attached hydrogens (tertiary/aromatic N) is 2. The van der Waals surface area contributed by atoms with E-state index in [-0.39, 0.29) is 18.4 Å². The van der Waals surface area contributed by atoms with Crippen molar-refractivity contribution in [1.82, 2.24) is 15.1 Å².